The smallest absolute Gasteiger partial charge is 0.251 e. The van der Waals surface area contributed by atoms with Gasteiger partial charge in [-0.05, 0) is 44.0 Å². The second-order valence-electron chi connectivity index (χ2n) is 5.06. The maximum Gasteiger partial charge on any atom is 0.251 e. The number of benzene rings is 1. The summed E-state index contributed by atoms with van der Waals surface area (Å²) in [6.45, 7) is 3.91. The first-order chi connectivity index (χ1) is 8.63. The highest BCUT2D eigenvalue weighted by molar-refractivity contribution is 5.94. The standard InChI is InChI=1S/C14H20N2O2/c1-14(6-8-18-10-14)16-13(17)12-4-2-3-11(9-12)5-7-15/h2-4,9H,5-8,10,15H2,1H3,(H,16,17). The molecule has 1 fully saturated rings. The van der Waals surface area contributed by atoms with Crippen LogP contribution in [0.5, 0.6) is 0 Å². The van der Waals surface area contributed by atoms with Crippen molar-refractivity contribution in [3.8, 4) is 0 Å². The van der Waals surface area contributed by atoms with E-state index in [-0.39, 0.29) is 11.4 Å². The maximum atomic E-state index is 12.2. The molecule has 2 rings (SSSR count). The molecule has 0 bridgehead atoms. The second kappa shape index (κ2) is 5.50. The van der Waals surface area contributed by atoms with Gasteiger partial charge in [0.05, 0.1) is 12.1 Å². The van der Waals surface area contributed by atoms with Crippen LogP contribution in [0.15, 0.2) is 24.3 Å². The summed E-state index contributed by atoms with van der Waals surface area (Å²) in [5, 5.41) is 3.05. The van der Waals surface area contributed by atoms with Gasteiger partial charge in [-0.1, -0.05) is 12.1 Å². The minimum absolute atomic E-state index is 0.0399. The average Bonchev–Trinajstić information content (AvgIpc) is 2.76. The first-order valence-electron chi connectivity index (χ1n) is 6.32. The molecule has 1 unspecified atom stereocenters. The number of nitrogens with two attached hydrogens (primary N) is 1. The van der Waals surface area contributed by atoms with E-state index in [0.717, 1.165) is 18.4 Å². The van der Waals surface area contributed by atoms with Gasteiger partial charge in [0.1, 0.15) is 0 Å². The molecular formula is C14H20N2O2. The van der Waals surface area contributed by atoms with Gasteiger partial charge in [-0.15, -0.1) is 0 Å². The number of hydrogen-bond donors (Lipinski definition) is 2. The Kier molecular flexibility index (Phi) is 3.99. The molecule has 0 aliphatic carbocycles. The van der Waals surface area contributed by atoms with Gasteiger partial charge in [0.25, 0.3) is 5.91 Å². The van der Waals surface area contributed by atoms with Crippen molar-refractivity contribution >= 4 is 5.91 Å². The lowest BCUT2D eigenvalue weighted by Crippen LogP contribution is -2.46. The van der Waals surface area contributed by atoms with Crippen LogP contribution in [0.4, 0.5) is 0 Å². The van der Waals surface area contributed by atoms with Crippen LogP contribution in [0.1, 0.15) is 29.3 Å². The lowest BCUT2D eigenvalue weighted by molar-refractivity contribution is 0.0890. The summed E-state index contributed by atoms with van der Waals surface area (Å²) in [7, 11) is 0. The Morgan fingerprint density at radius 3 is 3.06 bits per heavy atom. The number of hydrogen-bond acceptors (Lipinski definition) is 3. The molecule has 4 heteroatoms. The minimum Gasteiger partial charge on any atom is -0.379 e. The number of rotatable bonds is 4. The summed E-state index contributed by atoms with van der Waals surface area (Å²) >= 11 is 0. The van der Waals surface area contributed by atoms with E-state index in [4.69, 9.17) is 10.5 Å². The van der Waals surface area contributed by atoms with Crippen molar-refractivity contribution in [2.24, 2.45) is 5.73 Å². The molecule has 4 nitrogen and oxygen atoms in total. The molecule has 3 N–H and O–H groups in total. The zero-order valence-electron chi connectivity index (χ0n) is 10.7. The van der Waals surface area contributed by atoms with Crippen LogP contribution in [0.3, 0.4) is 0 Å². The van der Waals surface area contributed by atoms with Gasteiger partial charge >= 0.3 is 0 Å². The molecule has 0 radical (unpaired) electrons. The van der Waals surface area contributed by atoms with Gasteiger partial charge in [-0.25, -0.2) is 0 Å². The van der Waals surface area contributed by atoms with Crippen molar-refractivity contribution in [3.05, 3.63) is 35.4 Å². The first-order valence-corrected chi connectivity index (χ1v) is 6.32. The lowest BCUT2D eigenvalue weighted by Gasteiger charge is -2.23. The van der Waals surface area contributed by atoms with Crippen molar-refractivity contribution in [3.63, 3.8) is 0 Å². The Labute approximate surface area is 108 Å². The molecule has 1 aromatic rings. The van der Waals surface area contributed by atoms with E-state index in [1.807, 2.05) is 31.2 Å². The molecule has 1 atom stereocenters. The minimum atomic E-state index is -0.235. The number of carbonyl (C=O) groups is 1. The molecule has 1 amide bonds. The Bertz CT molecular complexity index is 426. The Morgan fingerprint density at radius 1 is 1.56 bits per heavy atom. The highest BCUT2D eigenvalue weighted by Crippen LogP contribution is 2.18. The van der Waals surface area contributed by atoms with Crippen molar-refractivity contribution in [1.29, 1.82) is 0 Å². The fourth-order valence-electron chi connectivity index (χ4n) is 2.15. The van der Waals surface area contributed by atoms with Crippen LogP contribution in [0.2, 0.25) is 0 Å². The van der Waals surface area contributed by atoms with Crippen LogP contribution < -0.4 is 11.1 Å². The van der Waals surface area contributed by atoms with Gasteiger partial charge in [-0.2, -0.15) is 0 Å². The highest BCUT2D eigenvalue weighted by atomic mass is 16.5. The van der Waals surface area contributed by atoms with E-state index < -0.39 is 0 Å². The van der Waals surface area contributed by atoms with E-state index in [2.05, 4.69) is 5.32 Å². The molecule has 1 heterocycles. The average molecular weight is 248 g/mol. The maximum absolute atomic E-state index is 12.2. The third-order valence-corrected chi connectivity index (χ3v) is 3.26. The number of nitrogens with one attached hydrogen (secondary N) is 1. The number of ether oxygens (including phenoxy) is 1. The van der Waals surface area contributed by atoms with Crippen LogP contribution >= 0.6 is 0 Å². The van der Waals surface area contributed by atoms with Crippen molar-refractivity contribution in [2.75, 3.05) is 19.8 Å². The van der Waals surface area contributed by atoms with Gasteiger partial charge in [-0.3, -0.25) is 4.79 Å². The molecule has 1 aliphatic heterocycles. The zero-order chi connectivity index (χ0) is 13.0. The monoisotopic (exact) mass is 248 g/mol. The summed E-state index contributed by atoms with van der Waals surface area (Å²) in [5.74, 6) is -0.0399. The van der Waals surface area contributed by atoms with E-state index in [1.54, 1.807) is 0 Å². The summed E-state index contributed by atoms with van der Waals surface area (Å²) < 4.78 is 5.33. The van der Waals surface area contributed by atoms with Gasteiger partial charge in [0.2, 0.25) is 0 Å². The third kappa shape index (κ3) is 3.09. The fourth-order valence-corrected chi connectivity index (χ4v) is 2.15. The summed E-state index contributed by atoms with van der Waals surface area (Å²) in [6.07, 6.45) is 1.66. The van der Waals surface area contributed by atoms with Gasteiger partial charge < -0.3 is 15.8 Å². The molecule has 0 aromatic heterocycles. The van der Waals surface area contributed by atoms with Gasteiger partial charge in [0.15, 0.2) is 0 Å². The molecule has 18 heavy (non-hydrogen) atoms. The number of amides is 1. The van der Waals surface area contributed by atoms with Crippen LogP contribution in [-0.4, -0.2) is 31.2 Å². The van der Waals surface area contributed by atoms with Crippen molar-refractivity contribution in [1.82, 2.24) is 5.32 Å². The normalized spacial score (nSPS) is 23.0. The molecule has 0 spiro atoms. The molecule has 1 aromatic carbocycles. The highest BCUT2D eigenvalue weighted by Gasteiger charge is 2.31. The van der Waals surface area contributed by atoms with E-state index in [1.165, 1.54) is 0 Å². The van der Waals surface area contributed by atoms with E-state index in [0.29, 0.717) is 25.3 Å². The predicted molar refractivity (Wildman–Crippen MR) is 70.5 cm³/mol. The molecule has 0 saturated carbocycles. The molecule has 98 valence electrons. The first kappa shape index (κ1) is 13.1. The molecule has 1 saturated heterocycles. The van der Waals surface area contributed by atoms with E-state index in [9.17, 15) is 4.79 Å². The number of carbonyl (C=O) groups excluding carboxylic acids is 1. The lowest BCUT2D eigenvalue weighted by atomic mass is 10.0. The van der Waals surface area contributed by atoms with Crippen LogP contribution in [0.25, 0.3) is 0 Å². The Hall–Kier alpha value is -1.39. The Morgan fingerprint density at radius 2 is 2.39 bits per heavy atom. The molecular weight excluding hydrogens is 228 g/mol. The zero-order valence-corrected chi connectivity index (χ0v) is 10.7. The van der Waals surface area contributed by atoms with E-state index >= 15 is 0 Å². The van der Waals surface area contributed by atoms with Gasteiger partial charge in [0, 0.05) is 12.2 Å². The summed E-state index contributed by atoms with van der Waals surface area (Å²) in [6, 6.07) is 7.62. The quantitative estimate of drug-likeness (QED) is 0.838. The largest absolute Gasteiger partial charge is 0.379 e. The third-order valence-electron chi connectivity index (χ3n) is 3.26. The Balaban J connectivity index is 2.06. The van der Waals surface area contributed by atoms with Crippen LogP contribution in [-0.2, 0) is 11.2 Å². The van der Waals surface area contributed by atoms with Crippen molar-refractivity contribution in [2.45, 2.75) is 25.3 Å². The second-order valence-corrected chi connectivity index (χ2v) is 5.06. The van der Waals surface area contributed by atoms with Crippen LogP contribution in [0, 0.1) is 0 Å². The fraction of sp³-hybridized carbons (Fsp3) is 0.500. The summed E-state index contributed by atoms with van der Waals surface area (Å²) in [5.41, 5.74) is 7.07. The topological polar surface area (TPSA) is 64.4 Å². The SMILES string of the molecule is CC1(NC(=O)c2cccc(CCN)c2)CCOC1. The predicted octanol–water partition coefficient (Wildman–Crippen LogP) is 1.10. The molecule has 1 aliphatic rings. The summed E-state index contributed by atoms with van der Waals surface area (Å²) in [4.78, 5) is 12.2. The van der Waals surface area contributed by atoms with Crippen molar-refractivity contribution < 1.29 is 9.53 Å².